The number of nitrogens with one attached hydrogen (secondary N) is 1. The first-order valence-corrected chi connectivity index (χ1v) is 7.49. The number of epoxide rings is 1. The minimum atomic E-state index is -0.344. The number of hydrogen-bond donors (Lipinski definition) is 1. The van der Waals surface area contributed by atoms with Crippen LogP contribution in [-0.2, 0) is 23.9 Å². The van der Waals surface area contributed by atoms with E-state index in [-0.39, 0.29) is 23.9 Å². The maximum absolute atomic E-state index is 11.2. The van der Waals surface area contributed by atoms with Crippen LogP contribution in [0.1, 0.15) is 25.3 Å². The molecule has 2 aliphatic rings. The summed E-state index contributed by atoms with van der Waals surface area (Å²) >= 11 is 0. The lowest BCUT2D eigenvalue weighted by Gasteiger charge is -1.99. The Balaban J connectivity index is 0.000000174. The SMILES string of the molecule is CCCC(=O)OCC1CO1.O=C1C=C(c2ccccc2)C(=O)N1. The maximum atomic E-state index is 11.2. The number of rotatable bonds is 5. The first kappa shape index (κ1) is 16.9. The number of ether oxygens (including phenoxy) is 2. The van der Waals surface area contributed by atoms with Gasteiger partial charge in [0.25, 0.3) is 11.8 Å². The Morgan fingerprint density at radius 2 is 2.00 bits per heavy atom. The fourth-order valence-corrected chi connectivity index (χ4v) is 1.87. The third-order valence-corrected chi connectivity index (χ3v) is 3.13. The van der Waals surface area contributed by atoms with Gasteiger partial charge in [0.1, 0.15) is 12.7 Å². The monoisotopic (exact) mass is 317 g/mol. The Bertz CT molecular complexity index is 605. The number of hydrogen-bond acceptors (Lipinski definition) is 5. The highest BCUT2D eigenvalue weighted by Gasteiger charge is 2.23. The fraction of sp³-hybridized carbons (Fsp3) is 0.353. The summed E-state index contributed by atoms with van der Waals surface area (Å²) in [5.74, 6) is -0.780. The van der Waals surface area contributed by atoms with Crippen molar-refractivity contribution in [3.63, 3.8) is 0 Å². The van der Waals surface area contributed by atoms with Crippen LogP contribution >= 0.6 is 0 Å². The molecule has 1 aromatic carbocycles. The van der Waals surface area contributed by atoms with Gasteiger partial charge in [0, 0.05) is 12.5 Å². The summed E-state index contributed by atoms with van der Waals surface area (Å²) in [4.78, 5) is 32.7. The van der Waals surface area contributed by atoms with Crippen LogP contribution < -0.4 is 5.32 Å². The second kappa shape index (κ2) is 8.24. The number of benzene rings is 1. The molecule has 3 rings (SSSR count). The Morgan fingerprint density at radius 1 is 1.30 bits per heavy atom. The number of carbonyl (C=O) groups excluding carboxylic acids is 3. The lowest BCUT2D eigenvalue weighted by Crippen LogP contribution is -2.21. The molecule has 0 saturated carbocycles. The van der Waals surface area contributed by atoms with E-state index >= 15 is 0 Å². The highest BCUT2D eigenvalue weighted by atomic mass is 16.6. The molecule has 0 spiro atoms. The quantitative estimate of drug-likeness (QED) is 0.505. The average Bonchev–Trinajstić information content (AvgIpc) is 3.31. The highest BCUT2D eigenvalue weighted by molar-refractivity contribution is 6.33. The van der Waals surface area contributed by atoms with E-state index < -0.39 is 0 Å². The summed E-state index contributed by atoms with van der Waals surface area (Å²) in [6.45, 7) is 3.15. The molecule has 0 aliphatic carbocycles. The molecule has 6 nitrogen and oxygen atoms in total. The van der Waals surface area contributed by atoms with Gasteiger partial charge < -0.3 is 9.47 Å². The highest BCUT2D eigenvalue weighted by Crippen LogP contribution is 2.16. The summed E-state index contributed by atoms with van der Waals surface area (Å²) in [6, 6.07) is 9.10. The maximum Gasteiger partial charge on any atom is 0.305 e. The molecule has 122 valence electrons. The minimum Gasteiger partial charge on any atom is -0.463 e. The Morgan fingerprint density at radius 3 is 2.52 bits per heavy atom. The molecule has 1 aromatic rings. The molecule has 0 bridgehead atoms. The molecule has 1 atom stereocenters. The summed E-state index contributed by atoms with van der Waals surface area (Å²) in [7, 11) is 0. The van der Waals surface area contributed by atoms with Gasteiger partial charge in [0.05, 0.1) is 12.2 Å². The first-order valence-electron chi connectivity index (χ1n) is 7.49. The molecule has 1 N–H and O–H groups in total. The summed E-state index contributed by atoms with van der Waals surface area (Å²) < 4.78 is 9.70. The van der Waals surface area contributed by atoms with E-state index in [1.165, 1.54) is 6.08 Å². The van der Waals surface area contributed by atoms with Crippen LogP contribution in [0.5, 0.6) is 0 Å². The van der Waals surface area contributed by atoms with Crippen molar-refractivity contribution in [1.82, 2.24) is 5.32 Å². The zero-order valence-corrected chi connectivity index (χ0v) is 12.9. The van der Waals surface area contributed by atoms with E-state index in [1.54, 1.807) is 12.1 Å². The van der Waals surface area contributed by atoms with Crippen molar-refractivity contribution in [2.75, 3.05) is 13.2 Å². The van der Waals surface area contributed by atoms with Crippen LogP contribution in [0.15, 0.2) is 36.4 Å². The van der Waals surface area contributed by atoms with Gasteiger partial charge in [0.2, 0.25) is 0 Å². The summed E-state index contributed by atoms with van der Waals surface area (Å²) in [5.41, 5.74) is 1.21. The molecule has 2 heterocycles. The van der Waals surface area contributed by atoms with Crippen molar-refractivity contribution in [1.29, 1.82) is 0 Å². The predicted octanol–water partition coefficient (Wildman–Crippen LogP) is 1.45. The van der Waals surface area contributed by atoms with E-state index in [1.807, 2.05) is 25.1 Å². The minimum absolute atomic E-state index is 0.113. The third kappa shape index (κ3) is 5.67. The number of amides is 2. The molecule has 0 radical (unpaired) electrons. The fourth-order valence-electron chi connectivity index (χ4n) is 1.87. The lowest BCUT2D eigenvalue weighted by molar-refractivity contribution is -0.144. The van der Waals surface area contributed by atoms with Crippen molar-refractivity contribution in [3.05, 3.63) is 42.0 Å². The van der Waals surface area contributed by atoms with E-state index in [4.69, 9.17) is 9.47 Å². The zero-order valence-electron chi connectivity index (χ0n) is 12.9. The molecular formula is C17H19NO5. The molecule has 1 saturated heterocycles. The summed E-state index contributed by atoms with van der Waals surface area (Å²) in [6.07, 6.45) is 2.88. The molecule has 2 amide bonds. The number of imide groups is 1. The van der Waals surface area contributed by atoms with Gasteiger partial charge in [0.15, 0.2) is 0 Å². The largest absolute Gasteiger partial charge is 0.463 e. The van der Waals surface area contributed by atoms with Gasteiger partial charge in [-0.2, -0.15) is 0 Å². The van der Waals surface area contributed by atoms with E-state index in [0.29, 0.717) is 18.6 Å². The van der Waals surface area contributed by atoms with Gasteiger partial charge in [-0.1, -0.05) is 37.3 Å². The lowest BCUT2D eigenvalue weighted by atomic mass is 10.1. The standard InChI is InChI=1S/C10H7NO2.C7H12O3/c12-9-6-8(10(13)11-9)7-4-2-1-3-5-7;1-2-3-7(8)10-5-6-4-9-6/h1-6H,(H,11,12,13);6H,2-5H2,1H3. The number of esters is 1. The second-order valence-corrected chi connectivity index (χ2v) is 5.13. The topological polar surface area (TPSA) is 85.0 Å². The van der Waals surface area contributed by atoms with Crippen LogP contribution in [0, 0.1) is 0 Å². The van der Waals surface area contributed by atoms with Crippen molar-refractivity contribution >= 4 is 23.4 Å². The predicted molar refractivity (Wildman–Crippen MR) is 83.2 cm³/mol. The van der Waals surface area contributed by atoms with Gasteiger partial charge in [-0.25, -0.2) is 0 Å². The van der Waals surface area contributed by atoms with Crippen LogP contribution in [-0.4, -0.2) is 37.1 Å². The van der Waals surface area contributed by atoms with Gasteiger partial charge in [-0.3, -0.25) is 19.7 Å². The second-order valence-electron chi connectivity index (χ2n) is 5.13. The molecule has 2 aliphatic heterocycles. The Labute approximate surface area is 134 Å². The van der Waals surface area contributed by atoms with E-state index in [2.05, 4.69) is 5.32 Å². The molecule has 1 unspecified atom stereocenters. The molecule has 23 heavy (non-hydrogen) atoms. The molecule has 0 aromatic heterocycles. The Kier molecular flexibility index (Phi) is 6.05. The van der Waals surface area contributed by atoms with Crippen LogP contribution in [0.3, 0.4) is 0 Å². The van der Waals surface area contributed by atoms with Gasteiger partial charge in [-0.05, 0) is 12.0 Å². The van der Waals surface area contributed by atoms with Crippen molar-refractivity contribution in [2.45, 2.75) is 25.9 Å². The van der Waals surface area contributed by atoms with Gasteiger partial charge in [-0.15, -0.1) is 0 Å². The van der Waals surface area contributed by atoms with Crippen molar-refractivity contribution in [3.8, 4) is 0 Å². The van der Waals surface area contributed by atoms with Crippen LogP contribution in [0.2, 0.25) is 0 Å². The molecule has 1 fully saturated rings. The smallest absolute Gasteiger partial charge is 0.305 e. The van der Waals surface area contributed by atoms with E-state index in [0.717, 1.165) is 18.6 Å². The first-order chi connectivity index (χ1) is 11.1. The normalized spacial score (nSPS) is 18.5. The molecule has 6 heteroatoms. The van der Waals surface area contributed by atoms with Crippen LogP contribution in [0.4, 0.5) is 0 Å². The molecular weight excluding hydrogens is 298 g/mol. The zero-order chi connectivity index (χ0) is 16.7. The summed E-state index contributed by atoms with van der Waals surface area (Å²) in [5, 5.41) is 2.19. The Hall–Kier alpha value is -2.47. The number of carbonyl (C=O) groups is 3. The van der Waals surface area contributed by atoms with Gasteiger partial charge >= 0.3 is 5.97 Å². The van der Waals surface area contributed by atoms with E-state index in [9.17, 15) is 14.4 Å². The van der Waals surface area contributed by atoms with Crippen molar-refractivity contribution < 1.29 is 23.9 Å². The van der Waals surface area contributed by atoms with Crippen LogP contribution in [0.25, 0.3) is 5.57 Å². The van der Waals surface area contributed by atoms with Crippen molar-refractivity contribution in [2.24, 2.45) is 0 Å². The average molecular weight is 317 g/mol. The third-order valence-electron chi connectivity index (χ3n) is 3.13.